The number of halogens is 2. The smallest absolute Gasteiger partial charge is 0.155 e. The number of anilines is 1. The van der Waals surface area contributed by atoms with Gasteiger partial charge in [0.25, 0.3) is 0 Å². The highest BCUT2D eigenvalue weighted by atomic mass is 19.1. The molecule has 2 aromatic rings. The number of nitrogens with one attached hydrogen (secondary N) is 1. The van der Waals surface area contributed by atoms with Crippen LogP contribution < -0.4 is 5.32 Å². The summed E-state index contributed by atoms with van der Waals surface area (Å²) in [5, 5.41) is 3.15. The first-order chi connectivity index (χ1) is 12.5. The number of benzene rings is 2. The zero-order valence-corrected chi connectivity index (χ0v) is 15.4. The van der Waals surface area contributed by atoms with Gasteiger partial charge in [-0.25, -0.2) is 8.78 Å². The van der Waals surface area contributed by atoms with Crippen molar-refractivity contribution in [3.05, 3.63) is 70.8 Å². The number of likely N-dealkylation sites (N-methyl/N-ethyl adjacent to an activating group) is 1. The molecule has 2 aromatic carbocycles. The van der Waals surface area contributed by atoms with Crippen LogP contribution in [-0.4, -0.2) is 38.4 Å². The number of carbonyl (C=O) groups is 1. The molecule has 3 nitrogen and oxygen atoms in total. The Bertz CT molecular complexity index is 765. The van der Waals surface area contributed by atoms with E-state index in [2.05, 4.69) is 48.5 Å². The summed E-state index contributed by atoms with van der Waals surface area (Å²) < 4.78 is 24.8. The van der Waals surface area contributed by atoms with E-state index in [0.717, 1.165) is 18.7 Å². The van der Waals surface area contributed by atoms with E-state index < -0.39 is 17.2 Å². The third-order valence-corrected chi connectivity index (χ3v) is 4.41. The molecule has 0 aromatic heterocycles. The minimum atomic E-state index is -0.824. The predicted octanol–water partition coefficient (Wildman–Crippen LogP) is 4.61. The Morgan fingerprint density at radius 1 is 1.08 bits per heavy atom. The summed E-state index contributed by atoms with van der Waals surface area (Å²) >= 11 is 0. The van der Waals surface area contributed by atoms with Crippen LogP contribution in [0.15, 0.2) is 48.0 Å². The van der Waals surface area contributed by atoms with E-state index in [1.54, 1.807) is 0 Å². The van der Waals surface area contributed by atoms with Crippen molar-refractivity contribution in [3.63, 3.8) is 0 Å². The van der Waals surface area contributed by atoms with Crippen LogP contribution in [0.1, 0.15) is 29.3 Å². The van der Waals surface area contributed by atoms with Crippen molar-refractivity contribution in [1.29, 1.82) is 0 Å². The first kappa shape index (κ1) is 19.8. The summed E-state index contributed by atoms with van der Waals surface area (Å²) in [4.78, 5) is 12.3. The molecule has 0 unspecified atom stereocenters. The summed E-state index contributed by atoms with van der Waals surface area (Å²) in [5.74, 6) is -1.65. The van der Waals surface area contributed by atoms with Crippen molar-refractivity contribution in [1.82, 2.24) is 4.90 Å². The molecule has 1 N–H and O–H groups in total. The third kappa shape index (κ3) is 4.99. The van der Waals surface area contributed by atoms with Crippen molar-refractivity contribution >= 4 is 17.5 Å². The van der Waals surface area contributed by atoms with Gasteiger partial charge in [-0.15, -0.1) is 0 Å². The normalized spacial score (nSPS) is 14.5. The van der Waals surface area contributed by atoms with Gasteiger partial charge in [0.2, 0.25) is 0 Å². The highest BCUT2D eigenvalue weighted by Gasteiger charge is 2.14. The minimum Gasteiger partial charge on any atom is -0.388 e. The van der Waals surface area contributed by atoms with Crippen molar-refractivity contribution in [2.45, 2.75) is 13.3 Å². The molecule has 0 saturated carbocycles. The summed E-state index contributed by atoms with van der Waals surface area (Å²) in [5.41, 5.74) is 5.08. The molecule has 0 bridgehead atoms. The zero-order valence-electron chi connectivity index (χ0n) is 15.4. The summed E-state index contributed by atoms with van der Waals surface area (Å²) in [6.45, 7) is 4.51. The maximum absolute atomic E-state index is 12.4. The highest BCUT2D eigenvalue weighted by Crippen LogP contribution is 2.27. The van der Waals surface area contributed by atoms with E-state index in [1.165, 1.54) is 41.4 Å². The van der Waals surface area contributed by atoms with Crippen LogP contribution in [0.5, 0.6) is 0 Å². The van der Waals surface area contributed by atoms with Crippen molar-refractivity contribution in [3.8, 4) is 0 Å². The second-order valence-corrected chi connectivity index (χ2v) is 6.33. The van der Waals surface area contributed by atoms with Crippen LogP contribution in [0.25, 0.3) is 5.57 Å². The van der Waals surface area contributed by atoms with Gasteiger partial charge in [-0.3, -0.25) is 4.79 Å². The van der Waals surface area contributed by atoms with Crippen molar-refractivity contribution in [2.75, 3.05) is 32.5 Å². The maximum atomic E-state index is 12.4. The van der Waals surface area contributed by atoms with Crippen LogP contribution in [0.2, 0.25) is 0 Å². The first-order valence-corrected chi connectivity index (χ1v) is 8.50. The molecule has 138 valence electrons. The van der Waals surface area contributed by atoms with Gasteiger partial charge in [-0.2, -0.15) is 0 Å². The standard InChI is InChI=1S/C14H20N2.C7H4F2O/c1-11-10-16(3)9-8-14(11)12-4-6-13(15-2)7-5-12;8-6-2-1-3-7(9)5(6)4-10/h4-7,15H,8-10H2,1-3H3;1-4H. The Kier molecular flexibility index (Phi) is 7.04. The Balaban J connectivity index is 0.000000209. The Hall–Kier alpha value is -2.53. The maximum Gasteiger partial charge on any atom is 0.155 e. The van der Waals surface area contributed by atoms with Crippen LogP contribution in [0.4, 0.5) is 14.5 Å². The molecule has 26 heavy (non-hydrogen) atoms. The fourth-order valence-electron chi connectivity index (χ4n) is 2.95. The number of nitrogens with zero attached hydrogens (tertiary/aromatic N) is 1. The fourth-order valence-corrected chi connectivity index (χ4v) is 2.95. The van der Waals surface area contributed by atoms with Crippen LogP contribution in [0.3, 0.4) is 0 Å². The van der Waals surface area contributed by atoms with E-state index in [9.17, 15) is 13.6 Å². The molecule has 0 radical (unpaired) electrons. The quantitative estimate of drug-likeness (QED) is 0.813. The van der Waals surface area contributed by atoms with Gasteiger partial charge in [0.15, 0.2) is 6.29 Å². The molecule has 1 aliphatic heterocycles. The van der Waals surface area contributed by atoms with Crippen LogP contribution in [-0.2, 0) is 0 Å². The fraction of sp³-hybridized carbons (Fsp3) is 0.286. The Morgan fingerprint density at radius 3 is 2.15 bits per heavy atom. The zero-order chi connectivity index (χ0) is 19.1. The van der Waals surface area contributed by atoms with Crippen LogP contribution >= 0.6 is 0 Å². The average molecular weight is 358 g/mol. The van der Waals surface area contributed by atoms with Gasteiger partial charge in [0, 0.05) is 25.8 Å². The molecule has 0 aliphatic carbocycles. The largest absolute Gasteiger partial charge is 0.388 e. The second-order valence-electron chi connectivity index (χ2n) is 6.33. The molecular formula is C21H24F2N2O. The van der Waals surface area contributed by atoms with Crippen molar-refractivity contribution < 1.29 is 13.6 Å². The lowest BCUT2D eigenvalue weighted by Gasteiger charge is -2.26. The topological polar surface area (TPSA) is 32.3 Å². The summed E-state index contributed by atoms with van der Waals surface area (Å²) in [7, 11) is 4.14. The van der Waals surface area contributed by atoms with E-state index in [0.29, 0.717) is 0 Å². The highest BCUT2D eigenvalue weighted by molar-refractivity contribution is 5.75. The SMILES string of the molecule is CNc1ccc(C2=C(C)CN(C)CC2)cc1.O=Cc1c(F)cccc1F. The third-order valence-electron chi connectivity index (χ3n) is 4.41. The Labute approximate surface area is 153 Å². The number of rotatable bonds is 3. The van der Waals surface area contributed by atoms with Gasteiger partial charge in [-0.05, 0) is 55.8 Å². The molecule has 3 rings (SSSR count). The van der Waals surface area contributed by atoms with E-state index in [4.69, 9.17) is 0 Å². The molecule has 0 atom stereocenters. The second kappa shape index (κ2) is 9.25. The van der Waals surface area contributed by atoms with E-state index in [-0.39, 0.29) is 6.29 Å². The first-order valence-electron chi connectivity index (χ1n) is 8.50. The van der Waals surface area contributed by atoms with Gasteiger partial charge < -0.3 is 10.2 Å². The monoisotopic (exact) mass is 358 g/mol. The lowest BCUT2D eigenvalue weighted by atomic mass is 9.94. The van der Waals surface area contributed by atoms with Crippen LogP contribution in [0, 0.1) is 11.6 Å². The molecule has 0 amide bonds. The molecule has 1 aliphatic rings. The average Bonchev–Trinajstić information content (AvgIpc) is 2.63. The Morgan fingerprint density at radius 2 is 1.69 bits per heavy atom. The molecule has 0 spiro atoms. The molecular weight excluding hydrogens is 334 g/mol. The number of carbonyl (C=O) groups excluding carboxylic acids is 1. The molecule has 0 fully saturated rings. The van der Waals surface area contributed by atoms with Gasteiger partial charge in [-0.1, -0.05) is 23.8 Å². The predicted molar refractivity (Wildman–Crippen MR) is 102 cm³/mol. The molecule has 1 heterocycles. The van der Waals surface area contributed by atoms with Gasteiger partial charge >= 0.3 is 0 Å². The number of hydrogen-bond acceptors (Lipinski definition) is 3. The van der Waals surface area contributed by atoms with Gasteiger partial charge in [0.05, 0.1) is 5.56 Å². The van der Waals surface area contributed by atoms with Crippen molar-refractivity contribution in [2.24, 2.45) is 0 Å². The number of aldehydes is 1. The minimum absolute atomic E-state index is 0.157. The van der Waals surface area contributed by atoms with E-state index in [1.807, 2.05) is 7.05 Å². The van der Waals surface area contributed by atoms with E-state index >= 15 is 0 Å². The van der Waals surface area contributed by atoms with Gasteiger partial charge in [0.1, 0.15) is 11.6 Å². The molecule has 0 saturated heterocycles. The number of hydrogen-bond donors (Lipinski definition) is 1. The lowest BCUT2D eigenvalue weighted by Crippen LogP contribution is -2.26. The summed E-state index contributed by atoms with van der Waals surface area (Å²) in [6.07, 6.45) is 1.33. The lowest BCUT2D eigenvalue weighted by molar-refractivity contribution is 0.111. The summed E-state index contributed by atoms with van der Waals surface area (Å²) in [6, 6.07) is 12.0. The molecule has 5 heteroatoms.